The van der Waals surface area contributed by atoms with Crippen LogP contribution < -0.4 is 0 Å². The van der Waals surface area contributed by atoms with Gasteiger partial charge in [-0.25, -0.2) is 4.98 Å². The van der Waals surface area contributed by atoms with Crippen LogP contribution in [0.15, 0.2) is 18.2 Å². The molecule has 0 spiro atoms. The second kappa shape index (κ2) is 4.60. The van der Waals surface area contributed by atoms with Gasteiger partial charge in [0.2, 0.25) is 0 Å². The maximum absolute atomic E-state index is 9.27. The molecule has 88 valence electrons. The minimum atomic E-state index is -0.0899. The minimum Gasteiger partial charge on any atom is -0.388 e. The van der Waals surface area contributed by atoms with E-state index < -0.39 is 0 Å². The molecule has 0 aliphatic rings. The molecule has 1 aromatic heterocycles. The van der Waals surface area contributed by atoms with Gasteiger partial charge in [-0.2, -0.15) is 0 Å². The van der Waals surface area contributed by atoms with Gasteiger partial charge in [0.1, 0.15) is 12.4 Å². The van der Waals surface area contributed by atoms with Crippen molar-refractivity contribution in [2.24, 2.45) is 0 Å². The summed E-state index contributed by atoms with van der Waals surface area (Å²) in [6, 6.07) is 6.17. The van der Waals surface area contributed by atoms with Gasteiger partial charge in [0.25, 0.3) is 0 Å². The molecule has 0 fully saturated rings. The largest absolute Gasteiger partial charge is 0.388 e. The van der Waals surface area contributed by atoms with Crippen LogP contribution in [0.25, 0.3) is 11.0 Å². The molecule has 2 rings (SSSR count). The molecule has 0 amide bonds. The molecule has 17 heavy (non-hydrogen) atoms. The molecule has 0 atom stereocenters. The molecule has 0 saturated heterocycles. The molecule has 1 aromatic carbocycles. The first kappa shape index (κ1) is 11.7. The van der Waals surface area contributed by atoms with Gasteiger partial charge >= 0.3 is 0 Å². The molecule has 0 aliphatic heterocycles. The summed E-state index contributed by atoms with van der Waals surface area (Å²) in [6.45, 7) is 4.64. The van der Waals surface area contributed by atoms with Crippen LogP contribution in [0.2, 0.25) is 0 Å². The number of benzene rings is 1. The first-order valence-corrected chi connectivity index (χ1v) is 5.70. The Bertz CT molecular complexity index is 576. The predicted molar refractivity (Wildman–Crippen MR) is 68.6 cm³/mol. The van der Waals surface area contributed by atoms with Crippen molar-refractivity contribution >= 4 is 11.0 Å². The van der Waals surface area contributed by atoms with E-state index in [0.717, 1.165) is 11.0 Å². The Morgan fingerprint density at radius 2 is 2.24 bits per heavy atom. The third kappa shape index (κ3) is 2.04. The fraction of sp³-hybridized carbons (Fsp3) is 0.357. The Labute approximate surface area is 101 Å². The van der Waals surface area contributed by atoms with Crippen molar-refractivity contribution in [3.63, 3.8) is 0 Å². The average molecular weight is 228 g/mol. The lowest BCUT2D eigenvalue weighted by atomic mass is 10.0. The maximum Gasteiger partial charge on any atom is 0.136 e. The van der Waals surface area contributed by atoms with Gasteiger partial charge in [-0.05, 0) is 23.6 Å². The highest BCUT2D eigenvalue weighted by molar-refractivity contribution is 5.77. The van der Waals surface area contributed by atoms with E-state index in [1.807, 2.05) is 10.6 Å². The quantitative estimate of drug-likeness (QED) is 0.818. The van der Waals surface area contributed by atoms with Crippen LogP contribution in [0.1, 0.15) is 31.2 Å². The highest BCUT2D eigenvalue weighted by Crippen LogP contribution is 2.22. The second-order valence-electron chi connectivity index (χ2n) is 4.38. The van der Waals surface area contributed by atoms with Crippen molar-refractivity contribution in [1.29, 1.82) is 0 Å². The fourth-order valence-electron chi connectivity index (χ4n) is 1.94. The lowest BCUT2D eigenvalue weighted by molar-refractivity contribution is 0.267. The molecule has 0 unspecified atom stereocenters. The number of hydrogen-bond acceptors (Lipinski definition) is 2. The summed E-state index contributed by atoms with van der Waals surface area (Å²) < 4.78 is 1.87. The molecule has 2 aromatic rings. The van der Waals surface area contributed by atoms with Crippen molar-refractivity contribution in [1.82, 2.24) is 9.55 Å². The summed E-state index contributed by atoms with van der Waals surface area (Å²) in [6.07, 6.45) is 5.33. The Balaban J connectivity index is 2.62. The summed E-state index contributed by atoms with van der Waals surface area (Å²) >= 11 is 0. The monoisotopic (exact) mass is 228 g/mol. The highest BCUT2D eigenvalue weighted by Gasteiger charge is 2.10. The molecular weight excluding hydrogens is 212 g/mol. The molecule has 3 nitrogen and oxygen atoms in total. The van der Waals surface area contributed by atoms with Gasteiger partial charge < -0.3 is 9.67 Å². The van der Waals surface area contributed by atoms with Crippen LogP contribution in [0.5, 0.6) is 0 Å². The number of imidazole rings is 1. The van der Waals surface area contributed by atoms with Gasteiger partial charge in [-0.3, -0.25) is 0 Å². The number of aliphatic hydroxyl groups is 1. The summed E-state index contributed by atoms with van der Waals surface area (Å²) in [4.78, 5) is 4.41. The number of rotatable bonds is 3. The first-order valence-electron chi connectivity index (χ1n) is 5.70. The van der Waals surface area contributed by atoms with Crippen LogP contribution in [0.4, 0.5) is 0 Å². The second-order valence-corrected chi connectivity index (χ2v) is 4.38. The third-order valence-corrected chi connectivity index (χ3v) is 2.91. The first-order chi connectivity index (χ1) is 8.17. The Kier molecular flexibility index (Phi) is 3.16. The number of terminal acetylenes is 1. The summed E-state index contributed by atoms with van der Waals surface area (Å²) in [5.74, 6) is 3.68. The summed E-state index contributed by atoms with van der Waals surface area (Å²) in [5.41, 5.74) is 3.12. The summed E-state index contributed by atoms with van der Waals surface area (Å²) in [5, 5.41) is 9.27. The Morgan fingerprint density at radius 1 is 1.47 bits per heavy atom. The number of aromatic nitrogens is 2. The summed E-state index contributed by atoms with van der Waals surface area (Å²) in [7, 11) is 0. The molecule has 1 heterocycles. The molecular formula is C14H16N2O. The third-order valence-electron chi connectivity index (χ3n) is 2.91. The van der Waals surface area contributed by atoms with Gasteiger partial charge in [-0.15, -0.1) is 6.42 Å². The lowest BCUT2D eigenvalue weighted by Gasteiger charge is -2.05. The van der Waals surface area contributed by atoms with Crippen LogP contribution in [0, 0.1) is 12.3 Å². The number of nitrogens with zero attached hydrogens (tertiary/aromatic N) is 2. The van der Waals surface area contributed by atoms with Gasteiger partial charge in [0.05, 0.1) is 17.6 Å². The van der Waals surface area contributed by atoms with Crippen molar-refractivity contribution in [2.75, 3.05) is 0 Å². The fourth-order valence-corrected chi connectivity index (χ4v) is 1.94. The maximum atomic E-state index is 9.27. The topological polar surface area (TPSA) is 38.0 Å². The SMILES string of the molecule is C#CCn1c(CO)nc2cc(C(C)C)ccc21. The predicted octanol–water partition coefficient (Wildman–Crippen LogP) is 2.29. The van der Waals surface area contributed by atoms with E-state index >= 15 is 0 Å². The van der Waals surface area contributed by atoms with E-state index in [2.05, 4.69) is 36.9 Å². The van der Waals surface area contributed by atoms with Gasteiger partial charge in [0.15, 0.2) is 0 Å². The zero-order valence-corrected chi connectivity index (χ0v) is 10.1. The molecule has 1 N–H and O–H groups in total. The Hall–Kier alpha value is -1.79. The normalized spacial score (nSPS) is 11.0. The molecule has 0 aliphatic carbocycles. The number of fused-ring (bicyclic) bond motifs is 1. The van der Waals surface area contributed by atoms with Crippen molar-refractivity contribution < 1.29 is 5.11 Å². The highest BCUT2D eigenvalue weighted by atomic mass is 16.3. The van der Waals surface area contributed by atoms with Crippen molar-refractivity contribution in [3.8, 4) is 12.3 Å². The van der Waals surface area contributed by atoms with Gasteiger partial charge in [0, 0.05) is 0 Å². The van der Waals surface area contributed by atoms with Gasteiger partial charge in [-0.1, -0.05) is 25.8 Å². The van der Waals surface area contributed by atoms with E-state index in [-0.39, 0.29) is 6.61 Å². The van der Waals surface area contributed by atoms with E-state index in [4.69, 9.17) is 6.42 Å². The number of aliphatic hydroxyl groups excluding tert-OH is 1. The van der Waals surface area contributed by atoms with Crippen molar-refractivity contribution in [3.05, 3.63) is 29.6 Å². The minimum absolute atomic E-state index is 0.0899. The zero-order chi connectivity index (χ0) is 12.4. The average Bonchev–Trinajstić information content (AvgIpc) is 2.67. The molecule has 0 radical (unpaired) electrons. The zero-order valence-electron chi connectivity index (χ0n) is 10.1. The van der Waals surface area contributed by atoms with Crippen LogP contribution in [0.3, 0.4) is 0 Å². The van der Waals surface area contributed by atoms with Crippen LogP contribution in [-0.4, -0.2) is 14.7 Å². The molecule has 0 saturated carbocycles. The number of hydrogen-bond donors (Lipinski definition) is 1. The van der Waals surface area contributed by atoms with Crippen molar-refractivity contribution in [2.45, 2.75) is 32.9 Å². The molecule has 3 heteroatoms. The van der Waals surface area contributed by atoms with E-state index in [1.54, 1.807) is 0 Å². The Morgan fingerprint density at radius 3 is 2.82 bits per heavy atom. The smallest absolute Gasteiger partial charge is 0.136 e. The lowest BCUT2D eigenvalue weighted by Crippen LogP contribution is -2.02. The molecule has 0 bridgehead atoms. The standard InChI is InChI=1S/C14H16N2O/c1-4-7-16-13-6-5-11(10(2)3)8-12(13)15-14(16)9-17/h1,5-6,8,10,17H,7,9H2,2-3H3. The van der Waals surface area contributed by atoms with E-state index in [0.29, 0.717) is 18.3 Å². The van der Waals surface area contributed by atoms with E-state index in [9.17, 15) is 5.11 Å². The van der Waals surface area contributed by atoms with Crippen LogP contribution in [-0.2, 0) is 13.2 Å². The van der Waals surface area contributed by atoms with Crippen LogP contribution >= 0.6 is 0 Å². The van der Waals surface area contributed by atoms with E-state index in [1.165, 1.54) is 5.56 Å².